The second-order valence-corrected chi connectivity index (χ2v) is 3.21. The molecule has 66 valence electrons. The smallest absolute Gasteiger partial charge is 0.200 e. The Morgan fingerprint density at radius 3 is 2.42 bits per heavy atom. The van der Waals surface area contributed by atoms with Crippen molar-refractivity contribution in [3.63, 3.8) is 0 Å². The summed E-state index contributed by atoms with van der Waals surface area (Å²) in [5, 5.41) is -0.329. The number of alkyl halides is 3. The Hall–Kier alpha value is -0.440. The van der Waals surface area contributed by atoms with Gasteiger partial charge in [0.1, 0.15) is 0 Å². The largest absolute Gasteiger partial charge is 0.283 e. The van der Waals surface area contributed by atoms with Crippen LogP contribution in [-0.4, -0.2) is 5.33 Å². The van der Waals surface area contributed by atoms with E-state index in [9.17, 15) is 8.78 Å². The molecule has 0 aliphatic carbocycles. The summed E-state index contributed by atoms with van der Waals surface area (Å²) in [6, 6.07) is 6.52. The molecule has 0 saturated carbocycles. The van der Waals surface area contributed by atoms with Crippen molar-refractivity contribution in [3.8, 4) is 0 Å². The van der Waals surface area contributed by atoms with Gasteiger partial charge in [0, 0.05) is 5.56 Å². The predicted molar refractivity (Wildman–Crippen MR) is 48.9 cm³/mol. The highest BCUT2D eigenvalue weighted by molar-refractivity contribution is 9.09. The van der Waals surface area contributed by atoms with E-state index in [0.29, 0.717) is 5.56 Å². The number of benzene rings is 1. The van der Waals surface area contributed by atoms with E-state index < -0.39 is 5.92 Å². The molecule has 0 radical (unpaired) electrons. The fourth-order valence-electron chi connectivity index (χ4n) is 1.06. The second-order valence-electron chi connectivity index (χ2n) is 2.65. The fraction of sp³-hybridized carbons (Fsp3) is 0.333. The van der Waals surface area contributed by atoms with Crippen molar-refractivity contribution in [2.75, 3.05) is 5.33 Å². The van der Waals surface area contributed by atoms with Crippen LogP contribution >= 0.6 is 15.9 Å². The first-order valence-corrected chi connectivity index (χ1v) is 4.70. The lowest BCUT2D eigenvalue weighted by Gasteiger charge is -2.15. The van der Waals surface area contributed by atoms with Gasteiger partial charge in [-0.05, 0) is 12.5 Å². The minimum absolute atomic E-state index is 0.0990. The van der Waals surface area contributed by atoms with E-state index in [2.05, 4.69) is 15.9 Å². The van der Waals surface area contributed by atoms with Crippen LogP contribution in [0.25, 0.3) is 0 Å². The van der Waals surface area contributed by atoms with Crippen molar-refractivity contribution < 1.29 is 8.78 Å². The maximum Gasteiger partial charge on any atom is 0.283 e. The van der Waals surface area contributed by atoms with E-state index in [0.717, 1.165) is 0 Å². The first-order valence-electron chi connectivity index (χ1n) is 3.58. The van der Waals surface area contributed by atoms with Crippen molar-refractivity contribution in [1.29, 1.82) is 0 Å². The van der Waals surface area contributed by atoms with Gasteiger partial charge >= 0.3 is 0 Å². The van der Waals surface area contributed by atoms with Gasteiger partial charge in [-0.15, -0.1) is 0 Å². The Morgan fingerprint density at radius 2 is 1.92 bits per heavy atom. The van der Waals surface area contributed by atoms with Gasteiger partial charge in [-0.2, -0.15) is 0 Å². The lowest BCUT2D eigenvalue weighted by atomic mass is 10.0. The van der Waals surface area contributed by atoms with Crippen LogP contribution in [0.2, 0.25) is 0 Å². The number of hydrogen-bond acceptors (Lipinski definition) is 0. The molecule has 1 aromatic rings. The molecule has 0 N–H and O–H groups in total. The normalized spacial score (nSPS) is 11.7. The van der Waals surface area contributed by atoms with Gasteiger partial charge in [-0.1, -0.05) is 40.2 Å². The quantitative estimate of drug-likeness (QED) is 0.688. The summed E-state index contributed by atoms with van der Waals surface area (Å²) < 4.78 is 26.2. The third-order valence-electron chi connectivity index (χ3n) is 1.71. The molecule has 0 amide bonds. The second kappa shape index (κ2) is 3.52. The average Bonchev–Trinajstić information content (AvgIpc) is 2.05. The SMILES string of the molecule is Cc1ccccc1C(F)(F)CBr. The van der Waals surface area contributed by atoms with Gasteiger partial charge in [0.15, 0.2) is 0 Å². The maximum atomic E-state index is 13.1. The van der Waals surface area contributed by atoms with Crippen molar-refractivity contribution in [2.45, 2.75) is 12.8 Å². The Labute approximate surface area is 78.7 Å². The van der Waals surface area contributed by atoms with Gasteiger partial charge < -0.3 is 0 Å². The van der Waals surface area contributed by atoms with Crippen molar-refractivity contribution in [1.82, 2.24) is 0 Å². The molecule has 0 aliphatic rings. The van der Waals surface area contributed by atoms with Crippen LogP contribution in [0.5, 0.6) is 0 Å². The number of aryl methyl sites for hydroxylation is 1. The summed E-state index contributed by atoms with van der Waals surface area (Å²) in [4.78, 5) is 0. The zero-order chi connectivity index (χ0) is 9.19. The van der Waals surface area contributed by atoms with Crippen LogP contribution in [0.15, 0.2) is 24.3 Å². The summed E-state index contributed by atoms with van der Waals surface area (Å²) in [5.74, 6) is -2.76. The molecule has 1 aromatic carbocycles. The Morgan fingerprint density at radius 1 is 1.33 bits per heavy atom. The minimum Gasteiger partial charge on any atom is -0.200 e. The van der Waals surface area contributed by atoms with E-state index in [-0.39, 0.29) is 10.9 Å². The van der Waals surface area contributed by atoms with Crippen molar-refractivity contribution in [2.24, 2.45) is 0 Å². The highest BCUT2D eigenvalue weighted by Gasteiger charge is 2.30. The summed E-state index contributed by atoms with van der Waals surface area (Å²) in [6.45, 7) is 1.69. The Balaban J connectivity index is 3.10. The van der Waals surface area contributed by atoms with Gasteiger partial charge in [0.05, 0.1) is 5.33 Å². The van der Waals surface area contributed by atoms with Crippen LogP contribution in [0.3, 0.4) is 0 Å². The van der Waals surface area contributed by atoms with Crippen molar-refractivity contribution >= 4 is 15.9 Å². The minimum atomic E-state index is -2.76. The van der Waals surface area contributed by atoms with E-state index in [4.69, 9.17) is 0 Å². The summed E-state index contributed by atoms with van der Waals surface area (Å²) in [6.07, 6.45) is 0. The van der Waals surface area contributed by atoms with Crippen LogP contribution in [0, 0.1) is 6.92 Å². The molecule has 0 saturated heterocycles. The van der Waals surface area contributed by atoms with Crippen molar-refractivity contribution in [3.05, 3.63) is 35.4 Å². The van der Waals surface area contributed by atoms with E-state index in [1.54, 1.807) is 25.1 Å². The molecule has 0 bridgehead atoms. The molecular weight excluding hydrogens is 226 g/mol. The number of hydrogen-bond donors (Lipinski definition) is 0. The van der Waals surface area contributed by atoms with E-state index in [1.807, 2.05) is 0 Å². The topological polar surface area (TPSA) is 0 Å². The molecular formula is C9H9BrF2. The van der Waals surface area contributed by atoms with Crippen LogP contribution in [0.4, 0.5) is 8.78 Å². The van der Waals surface area contributed by atoms with Gasteiger partial charge in [-0.25, -0.2) is 8.78 Å². The van der Waals surface area contributed by atoms with Gasteiger partial charge in [0.2, 0.25) is 0 Å². The molecule has 0 atom stereocenters. The van der Waals surface area contributed by atoms with Crippen LogP contribution in [-0.2, 0) is 5.92 Å². The van der Waals surface area contributed by atoms with Crippen LogP contribution < -0.4 is 0 Å². The van der Waals surface area contributed by atoms with Gasteiger partial charge in [-0.3, -0.25) is 0 Å². The first kappa shape index (κ1) is 9.65. The highest BCUT2D eigenvalue weighted by atomic mass is 79.9. The molecule has 0 nitrogen and oxygen atoms in total. The zero-order valence-electron chi connectivity index (χ0n) is 6.65. The predicted octanol–water partition coefficient (Wildman–Crippen LogP) is 3.48. The summed E-state index contributed by atoms with van der Waals surface area (Å²) in [7, 11) is 0. The summed E-state index contributed by atoms with van der Waals surface area (Å²) >= 11 is 2.79. The molecule has 1 rings (SSSR count). The first-order chi connectivity index (χ1) is 5.58. The molecule has 12 heavy (non-hydrogen) atoms. The monoisotopic (exact) mass is 234 g/mol. The summed E-state index contributed by atoms with van der Waals surface area (Å²) in [5.41, 5.74) is 0.726. The Bertz CT molecular complexity index is 271. The van der Waals surface area contributed by atoms with Gasteiger partial charge in [0.25, 0.3) is 5.92 Å². The van der Waals surface area contributed by atoms with E-state index >= 15 is 0 Å². The molecule has 3 heteroatoms. The average molecular weight is 235 g/mol. The molecule has 0 spiro atoms. The van der Waals surface area contributed by atoms with Crippen LogP contribution in [0.1, 0.15) is 11.1 Å². The molecule has 0 heterocycles. The number of rotatable bonds is 2. The lowest BCUT2D eigenvalue weighted by molar-refractivity contribution is 0.0239. The molecule has 0 aliphatic heterocycles. The zero-order valence-corrected chi connectivity index (χ0v) is 8.24. The maximum absolute atomic E-state index is 13.1. The molecule has 0 unspecified atom stereocenters. The fourth-order valence-corrected chi connectivity index (χ4v) is 1.36. The highest BCUT2D eigenvalue weighted by Crippen LogP contribution is 2.31. The molecule has 0 aromatic heterocycles. The standard InChI is InChI=1S/C9H9BrF2/c1-7-4-2-3-5-8(7)9(11,12)6-10/h2-5H,6H2,1H3. The Kier molecular flexibility index (Phi) is 2.83. The lowest BCUT2D eigenvalue weighted by Crippen LogP contribution is -2.16. The third kappa shape index (κ3) is 1.83. The number of halogens is 3. The molecule has 0 fully saturated rings. The van der Waals surface area contributed by atoms with E-state index in [1.165, 1.54) is 6.07 Å². The third-order valence-corrected chi connectivity index (χ3v) is 2.41.